The fourth-order valence-corrected chi connectivity index (χ4v) is 5.45. The van der Waals surface area contributed by atoms with E-state index in [9.17, 15) is 27.9 Å². The lowest BCUT2D eigenvalue weighted by Crippen LogP contribution is -2.58. The first-order valence-corrected chi connectivity index (χ1v) is 13.3. The molecule has 8 nitrogen and oxygen atoms in total. The zero-order chi connectivity index (χ0) is 30.9. The van der Waals surface area contributed by atoms with E-state index < -0.39 is 59.6 Å². The molecule has 11 heteroatoms. The topological polar surface area (TPSA) is 101 Å². The highest BCUT2D eigenvalue weighted by molar-refractivity contribution is 5.97. The summed E-state index contributed by atoms with van der Waals surface area (Å²) in [5.41, 5.74) is -0.258. The zero-order valence-corrected chi connectivity index (χ0v) is 23.5. The molecule has 0 aliphatic carbocycles. The summed E-state index contributed by atoms with van der Waals surface area (Å²) < 4.78 is 55.2. The average Bonchev–Trinajstić information content (AvgIpc) is 3.10. The number of benzene rings is 3. The number of aryl methyl sites for hydroxylation is 2. The van der Waals surface area contributed by atoms with Crippen LogP contribution in [0.3, 0.4) is 0 Å². The van der Waals surface area contributed by atoms with E-state index in [1.807, 2.05) is 6.92 Å². The molecule has 3 aromatic carbocycles. The summed E-state index contributed by atoms with van der Waals surface area (Å²) >= 11 is 0. The number of carbonyl (C=O) groups excluding carboxylic acids is 1. The van der Waals surface area contributed by atoms with E-state index in [1.165, 1.54) is 13.2 Å². The summed E-state index contributed by atoms with van der Waals surface area (Å²) in [6.07, 6.45) is -1.72. The number of fused-ring (bicyclic) bond motifs is 1. The van der Waals surface area contributed by atoms with Gasteiger partial charge in [0.2, 0.25) is 17.9 Å². The van der Waals surface area contributed by atoms with Crippen molar-refractivity contribution in [3.8, 4) is 11.6 Å². The molecule has 222 valence electrons. The van der Waals surface area contributed by atoms with Gasteiger partial charge in [0.05, 0.1) is 20.2 Å². The van der Waals surface area contributed by atoms with Crippen molar-refractivity contribution in [2.24, 2.45) is 0 Å². The second kappa shape index (κ2) is 11.8. The molecule has 0 spiro atoms. The minimum atomic E-state index is -1.76. The van der Waals surface area contributed by atoms with Gasteiger partial charge in [0.25, 0.3) is 0 Å². The van der Waals surface area contributed by atoms with E-state index in [1.54, 1.807) is 61.5 Å². The average molecular weight is 592 g/mol. The number of nitrogens with one attached hydrogen (secondary N) is 1. The van der Waals surface area contributed by atoms with Crippen LogP contribution in [0.25, 0.3) is 0 Å². The van der Waals surface area contributed by atoms with Gasteiger partial charge in [-0.25, -0.2) is 22.9 Å². The Kier molecular flexibility index (Phi) is 8.10. The van der Waals surface area contributed by atoms with Gasteiger partial charge in [-0.05, 0) is 61.4 Å². The highest BCUT2D eigenvalue weighted by Gasteiger charge is 2.52. The zero-order valence-electron chi connectivity index (χ0n) is 23.5. The van der Waals surface area contributed by atoms with Crippen LogP contribution >= 0.6 is 0 Å². The molecule has 2 heterocycles. The van der Waals surface area contributed by atoms with E-state index in [4.69, 9.17) is 9.47 Å². The predicted molar refractivity (Wildman–Crippen MR) is 151 cm³/mol. The van der Waals surface area contributed by atoms with Crippen LogP contribution in [0.15, 0.2) is 72.8 Å². The molecule has 0 saturated heterocycles. The lowest BCUT2D eigenvalue weighted by Gasteiger charge is -2.40. The van der Waals surface area contributed by atoms with Gasteiger partial charge in [-0.1, -0.05) is 30.3 Å². The van der Waals surface area contributed by atoms with Crippen LogP contribution in [-0.4, -0.2) is 41.7 Å². The quantitative estimate of drug-likeness (QED) is 0.277. The van der Waals surface area contributed by atoms with Gasteiger partial charge < -0.3 is 19.5 Å². The van der Waals surface area contributed by atoms with E-state index >= 15 is 0 Å². The number of carboxylic acid groups (broad SMARTS) is 1. The molecule has 1 amide bonds. The summed E-state index contributed by atoms with van der Waals surface area (Å²) in [6.45, 7) is 2.43. The van der Waals surface area contributed by atoms with Crippen molar-refractivity contribution >= 4 is 17.6 Å². The number of ether oxygens (including phenoxy) is 2. The number of methoxy groups -OCH3 is 1. The molecule has 0 unspecified atom stereocenters. The minimum absolute atomic E-state index is 0.0442. The Morgan fingerprint density at radius 1 is 1.05 bits per heavy atom. The van der Waals surface area contributed by atoms with Crippen LogP contribution in [0.1, 0.15) is 27.9 Å². The molecule has 1 aliphatic heterocycles. The number of carbonyl (C=O) groups is 2. The number of anilines is 1. The molecule has 4 aromatic rings. The number of halogens is 3. The van der Waals surface area contributed by atoms with Crippen LogP contribution < -0.4 is 19.7 Å². The fraction of sp³-hybridized carbons (Fsp3) is 0.219. The number of pyridine rings is 1. The second-order valence-corrected chi connectivity index (χ2v) is 10.2. The van der Waals surface area contributed by atoms with Crippen LogP contribution in [-0.2, 0) is 21.7 Å². The van der Waals surface area contributed by atoms with Crippen LogP contribution in [0.2, 0.25) is 0 Å². The van der Waals surface area contributed by atoms with Gasteiger partial charge >= 0.3 is 5.97 Å². The summed E-state index contributed by atoms with van der Waals surface area (Å²) in [5, 5.41) is 13.8. The van der Waals surface area contributed by atoms with E-state index in [0.29, 0.717) is 23.1 Å². The first kappa shape index (κ1) is 29.6. The fourth-order valence-electron chi connectivity index (χ4n) is 5.45. The van der Waals surface area contributed by atoms with Gasteiger partial charge in [0, 0.05) is 28.6 Å². The molecule has 43 heavy (non-hydrogen) atoms. The number of aromatic nitrogens is 1. The SMILES string of the molecule is COc1cccc([C@]2([C@H](Oc3cc(C)cc(C)n3)C(=O)O)NCC(=O)N(Cc3c(F)ccc(F)c3F)c3ccccc32)c1. The van der Waals surface area contributed by atoms with Gasteiger partial charge in [-0.15, -0.1) is 0 Å². The third kappa shape index (κ3) is 5.51. The number of amides is 1. The number of aliphatic carboxylic acids is 1. The Labute approximate surface area is 245 Å². The maximum absolute atomic E-state index is 14.8. The smallest absolute Gasteiger partial charge is 0.347 e. The minimum Gasteiger partial charge on any atom is -0.497 e. The van der Waals surface area contributed by atoms with Crippen molar-refractivity contribution in [3.63, 3.8) is 0 Å². The van der Waals surface area contributed by atoms with Gasteiger partial charge in [0.15, 0.2) is 11.6 Å². The van der Waals surface area contributed by atoms with Crippen molar-refractivity contribution in [2.45, 2.75) is 32.0 Å². The molecular weight excluding hydrogens is 563 g/mol. The normalized spacial score (nSPS) is 17.2. The van der Waals surface area contributed by atoms with Gasteiger partial charge in [0.1, 0.15) is 17.1 Å². The number of hydrogen-bond donors (Lipinski definition) is 2. The third-order valence-corrected chi connectivity index (χ3v) is 7.35. The molecule has 1 aromatic heterocycles. The van der Waals surface area contributed by atoms with Crippen LogP contribution in [0.5, 0.6) is 11.6 Å². The Hall–Kier alpha value is -4.90. The predicted octanol–water partition coefficient (Wildman–Crippen LogP) is 5.04. The first-order valence-electron chi connectivity index (χ1n) is 13.3. The van der Waals surface area contributed by atoms with Crippen LogP contribution in [0.4, 0.5) is 18.9 Å². The highest BCUT2D eigenvalue weighted by atomic mass is 19.2. The van der Waals surface area contributed by atoms with Gasteiger partial charge in [-0.3, -0.25) is 10.1 Å². The molecule has 0 saturated carbocycles. The molecule has 1 aliphatic rings. The van der Waals surface area contributed by atoms with Gasteiger partial charge in [-0.2, -0.15) is 0 Å². The third-order valence-electron chi connectivity index (χ3n) is 7.35. The van der Waals surface area contributed by atoms with Crippen molar-refractivity contribution in [2.75, 3.05) is 18.6 Å². The van der Waals surface area contributed by atoms with Crippen molar-refractivity contribution in [1.82, 2.24) is 10.3 Å². The monoisotopic (exact) mass is 591 g/mol. The maximum atomic E-state index is 14.8. The van der Waals surface area contributed by atoms with Crippen LogP contribution in [0, 0.1) is 31.3 Å². The standard InChI is InChI=1S/C32H28F3N3O5/c1-18-13-19(2)37-27(14-18)43-30(31(40)41)32(20-7-6-8-21(15-20)42-3)23-9-4-5-10-26(23)38(28(39)16-36-32)17-22-24(33)11-12-25(34)29(22)35/h4-15,30,36H,16-17H2,1-3H3,(H,40,41)/t30-,32+/m1/s1. The second-order valence-electron chi connectivity index (χ2n) is 10.2. The van der Waals surface area contributed by atoms with Crippen molar-refractivity contribution in [1.29, 1.82) is 0 Å². The Morgan fingerprint density at radius 2 is 1.79 bits per heavy atom. The van der Waals surface area contributed by atoms with E-state index in [2.05, 4.69) is 10.3 Å². The highest BCUT2D eigenvalue weighted by Crippen LogP contribution is 2.43. The van der Waals surface area contributed by atoms with E-state index in [0.717, 1.165) is 16.5 Å². The Morgan fingerprint density at radius 3 is 2.51 bits per heavy atom. The maximum Gasteiger partial charge on any atom is 0.347 e. The number of carboxylic acids is 1. The molecule has 0 radical (unpaired) electrons. The summed E-state index contributed by atoms with van der Waals surface area (Å²) in [5.74, 6) is -5.30. The molecule has 2 N–H and O–H groups in total. The van der Waals surface area contributed by atoms with Crippen molar-refractivity contribution in [3.05, 3.63) is 118 Å². The molecule has 2 atom stereocenters. The number of para-hydroxylation sites is 1. The number of hydrogen-bond acceptors (Lipinski definition) is 6. The Balaban J connectivity index is 1.76. The number of rotatable bonds is 8. The largest absolute Gasteiger partial charge is 0.497 e. The first-order chi connectivity index (χ1) is 20.5. The van der Waals surface area contributed by atoms with Crippen molar-refractivity contribution < 1.29 is 37.3 Å². The summed E-state index contributed by atoms with van der Waals surface area (Å²) in [6, 6.07) is 17.8. The lowest BCUT2D eigenvalue weighted by atomic mass is 9.77. The molecule has 0 fully saturated rings. The number of nitrogens with zero attached hydrogens (tertiary/aromatic N) is 2. The summed E-state index contributed by atoms with van der Waals surface area (Å²) in [4.78, 5) is 32.3. The lowest BCUT2D eigenvalue weighted by molar-refractivity contribution is -0.149. The van der Waals surface area contributed by atoms with E-state index in [-0.39, 0.29) is 17.1 Å². The summed E-state index contributed by atoms with van der Waals surface area (Å²) in [7, 11) is 1.46. The Bertz CT molecular complexity index is 1700. The molecular formula is C32H28F3N3O5. The molecule has 0 bridgehead atoms. The molecule has 5 rings (SSSR count).